The molecule has 0 aliphatic carbocycles. The number of halogens is 2. The smallest absolute Gasteiger partial charge is 0.00499 e. The molecule has 4 rings (SSSR count). The second-order valence-electron chi connectivity index (χ2n) is 6.40. The largest absolute Gasteiger partial charge is 0.658 e. The van der Waals surface area contributed by atoms with E-state index in [0.717, 1.165) is 29.2 Å². The van der Waals surface area contributed by atoms with Crippen LogP contribution in [0.2, 0.25) is 0 Å². The number of nitrogens with zero attached hydrogens (tertiary/aromatic N) is 2. The molecule has 2 nitrogen and oxygen atoms in total. The first kappa shape index (κ1) is 22.5. The first-order valence-electron chi connectivity index (χ1n) is 9.46. The molecule has 5 heteroatoms. The van der Waals surface area contributed by atoms with Crippen LogP contribution >= 0.6 is 18.6 Å². The minimum atomic E-state index is -0.556. The summed E-state index contributed by atoms with van der Waals surface area (Å²) >= 11 is -0.556. The van der Waals surface area contributed by atoms with Crippen LogP contribution in [0.3, 0.4) is 0 Å². The van der Waals surface area contributed by atoms with Gasteiger partial charge in [0, 0.05) is 0 Å². The maximum absolute atomic E-state index is 4.89. The van der Waals surface area contributed by atoms with E-state index in [1.54, 1.807) is 0 Å². The van der Waals surface area contributed by atoms with Crippen molar-refractivity contribution in [1.29, 1.82) is 0 Å². The molecule has 4 aromatic carbocycles. The van der Waals surface area contributed by atoms with Gasteiger partial charge in [-0.05, 0) is 6.42 Å². The molecule has 0 saturated heterocycles. The Hall–Kier alpha value is -2.23. The number of rotatable bonds is 6. The molecule has 4 aromatic rings. The monoisotopic (exact) mass is 466 g/mol. The summed E-state index contributed by atoms with van der Waals surface area (Å²) in [5.74, 6) is 0. The zero-order chi connectivity index (χ0) is 21.0. The maximum atomic E-state index is 4.89. The van der Waals surface area contributed by atoms with Crippen molar-refractivity contribution in [2.75, 3.05) is 0 Å². The van der Waals surface area contributed by atoms with E-state index in [1.807, 2.05) is 72.8 Å². The van der Waals surface area contributed by atoms with E-state index < -0.39 is 17.0 Å². The maximum Gasteiger partial charge on any atom is -0.00499 e. The third-order valence-corrected chi connectivity index (χ3v) is 4.38. The minimum absolute atomic E-state index is 0.556. The molecule has 0 radical (unpaired) electrons. The van der Waals surface area contributed by atoms with Crippen LogP contribution in [-0.4, -0.2) is 0 Å². The second kappa shape index (κ2) is 12.5. The number of hydrogen-bond donors (Lipinski definition) is 0. The number of hydrogen-bond acceptors (Lipinski definition) is 0. The predicted octanol–water partition coefficient (Wildman–Crippen LogP) is 9.33. The average molecular weight is 467 g/mol. The molecule has 150 valence electrons. The van der Waals surface area contributed by atoms with E-state index in [1.165, 1.54) is 11.1 Å². The predicted molar refractivity (Wildman–Crippen MR) is 126 cm³/mol. The fraction of sp³-hybridized carbons (Fsp3) is 0.0400. The van der Waals surface area contributed by atoms with Crippen molar-refractivity contribution in [1.82, 2.24) is 0 Å². The van der Waals surface area contributed by atoms with E-state index >= 15 is 0 Å². The zero-order valence-electron chi connectivity index (χ0n) is 16.2. The molecule has 0 aromatic heterocycles. The molecule has 0 heterocycles. The zero-order valence-corrected chi connectivity index (χ0v) is 19.3. The van der Waals surface area contributed by atoms with Crippen LogP contribution in [-0.2, 0) is 23.5 Å². The molecule has 0 fully saturated rings. The van der Waals surface area contributed by atoms with Crippen molar-refractivity contribution >= 4 is 41.4 Å². The van der Waals surface area contributed by atoms with Crippen molar-refractivity contribution in [2.24, 2.45) is 0 Å². The third kappa shape index (κ3) is 6.93. The van der Waals surface area contributed by atoms with Gasteiger partial charge in [0.25, 0.3) is 0 Å². The third-order valence-electron chi connectivity index (χ3n) is 4.38. The number of para-hydroxylation sites is 4. The number of benzene rings is 4. The summed E-state index contributed by atoms with van der Waals surface area (Å²) < 4.78 is 0. The summed E-state index contributed by atoms with van der Waals surface area (Å²) in [6.07, 6.45) is 0.791. The van der Waals surface area contributed by atoms with Crippen molar-refractivity contribution in [3.8, 4) is 0 Å². The summed E-state index contributed by atoms with van der Waals surface area (Å²) in [6.45, 7) is 0. The summed E-state index contributed by atoms with van der Waals surface area (Å²) in [7, 11) is 9.78. The van der Waals surface area contributed by atoms with Crippen molar-refractivity contribution in [2.45, 2.75) is 6.42 Å². The average Bonchev–Trinajstić information content (AvgIpc) is 2.78. The van der Waals surface area contributed by atoms with Gasteiger partial charge in [0.1, 0.15) is 0 Å². The van der Waals surface area contributed by atoms with Gasteiger partial charge in [-0.15, -0.1) is 22.7 Å². The fourth-order valence-electron chi connectivity index (χ4n) is 3.03. The first-order chi connectivity index (χ1) is 14.8. The molecule has 0 unspecified atom stereocenters. The van der Waals surface area contributed by atoms with E-state index in [4.69, 9.17) is 29.2 Å². The van der Waals surface area contributed by atoms with Gasteiger partial charge in [0.05, 0.1) is 0 Å². The molecule has 0 N–H and O–H groups in total. The standard InChI is InChI=1S/C25H20N2.2ClH.Ti/c1-3-13-22(14-4-1)26-24-17-9-7-11-20(24)19-21-12-8-10-18-25(21)27-23-15-5-2-6-16-23;;;/h1-18H,19H2;2*1H;/q-2;;;+2/p-2. The molecule has 0 spiro atoms. The van der Waals surface area contributed by atoms with Crippen molar-refractivity contribution in [3.05, 3.63) is 131 Å². The Morgan fingerprint density at radius 3 is 1.23 bits per heavy atom. The Morgan fingerprint density at radius 1 is 0.500 bits per heavy atom. The molecule has 0 aliphatic rings. The normalized spacial score (nSPS) is 9.80. The molecular formula is C25H20Cl2N2Ti-2. The topological polar surface area (TPSA) is 28.2 Å². The van der Waals surface area contributed by atoms with E-state index in [9.17, 15) is 0 Å². The van der Waals surface area contributed by atoms with Crippen LogP contribution in [0, 0.1) is 0 Å². The van der Waals surface area contributed by atoms with Crippen LogP contribution < -0.4 is 0 Å². The van der Waals surface area contributed by atoms with Gasteiger partial charge in [-0.3, -0.25) is 0 Å². The molecule has 30 heavy (non-hydrogen) atoms. The van der Waals surface area contributed by atoms with Gasteiger partial charge in [-0.2, -0.15) is 0 Å². The first-order valence-corrected chi connectivity index (χ1v) is 13.8. The van der Waals surface area contributed by atoms with Crippen LogP contribution in [0.15, 0.2) is 109 Å². The van der Waals surface area contributed by atoms with Gasteiger partial charge in [0.2, 0.25) is 0 Å². The molecular weight excluding hydrogens is 447 g/mol. The quantitative estimate of drug-likeness (QED) is 0.253. The SMILES string of the molecule is [Cl][Ti][Cl].c1ccc([N-]c2ccccc2Cc2ccccc2[N-]c2ccccc2)cc1. The van der Waals surface area contributed by atoms with Crippen molar-refractivity contribution in [3.63, 3.8) is 0 Å². The van der Waals surface area contributed by atoms with Gasteiger partial charge in [0.15, 0.2) is 0 Å². The summed E-state index contributed by atoms with van der Waals surface area (Å²) in [4.78, 5) is 0. The Bertz CT molecular complexity index is 944. The Morgan fingerprint density at radius 2 is 0.833 bits per heavy atom. The molecule has 0 saturated carbocycles. The van der Waals surface area contributed by atoms with Crippen LogP contribution in [0.25, 0.3) is 10.6 Å². The van der Waals surface area contributed by atoms with E-state index in [-0.39, 0.29) is 0 Å². The minimum Gasteiger partial charge on any atom is -0.658 e. The Balaban J connectivity index is 0.000000806. The second-order valence-corrected chi connectivity index (χ2v) is 8.98. The summed E-state index contributed by atoms with van der Waals surface area (Å²) in [5.41, 5.74) is 6.31. The summed E-state index contributed by atoms with van der Waals surface area (Å²) in [5, 5.41) is 9.64. The van der Waals surface area contributed by atoms with Gasteiger partial charge >= 0.3 is 35.6 Å². The Labute approximate surface area is 194 Å². The molecule has 0 amide bonds. The van der Waals surface area contributed by atoms with E-state index in [0.29, 0.717) is 0 Å². The fourth-order valence-corrected chi connectivity index (χ4v) is 3.03. The van der Waals surface area contributed by atoms with Gasteiger partial charge < -0.3 is 10.6 Å². The molecule has 0 bridgehead atoms. The van der Waals surface area contributed by atoms with E-state index in [2.05, 4.69) is 36.4 Å². The van der Waals surface area contributed by atoms with Crippen LogP contribution in [0.1, 0.15) is 11.1 Å². The van der Waals surface area contributed by atoms with Crippen LogP contribution in [0.4, 0.5) is 22.7 Å². The van der Waals surface area contributed by atoms with Gasteiger partial charge in [-0.25, -0.2) is 0 Å². The Kier molecular flexibility index (Phi) is 9.33. The molecule has 0 atom stereocenters. The van der Waals surface area contributed by atoms with Gasteiger partial charge in [-0.1, -0.05) is 120 Å². The van der Waals surface area contributed by atoms with Crippen molar-refractivity contribution < 1.29 is 17.0 Å². The summed E-state index contributed by atoms with van der Waals surface area (Å²) in [6, 6.07) is 36.8. The molecule has 0 aliphatic heterocycles. The van der Waals surface area contributed by atoms with Crippen LogP contribution in [0.5, 0.6) is 0 Å².